The van der Waals surface area contributed by atoms with E-state index >= 15 is 0 Å². The van der Waals surface area contributed by atoms with Crippen LogP contribution in [-0.2, 0) is 9.53 Å². The van der Waals surface area contributed by atoms with Crippen LogP contribution in [0.3, 0.4) is 0 Å². The maximum atomic E-state index is 12.0. The van der Waals surface area contributed by atoms with E-state index in [-0.39, 0.29) is 22.8 Å². The number of alkyl halides is 3. The Balaban J connectivity index is 2.76. The number of hydrogen-bond donors (Lipinski definition) is 1. The SMILES string of the molecule is COc1cc(C(=O)OCC(=O)NCC(F)(F)F)cc(OC)c1OC. The Labute approximate surface area is 135 Å². The van der Waals surface area contributed by atoms with Gasteiger partial charge in [0.2, 0.25) is 5.75 Å². The molecule has 0 spiro atoms. The van der Waals surface area contributed by atoms with Gasteiger partial charge in [0.1, 0.15) is 6.54 Å². The van der Waals surface area contributed by atoms with Gasteiger partial charge in [-0.2, -0.15) is 13.2 Å². The first kappa shape index (κ1) is 19.4. The minimum atomic E-state index is -4.55. The van der Waals surface area contributed by atoms with E-state index in [4.69, 9.17) is 14.2 Å². The normalized spacial score (nSPS) is 10.8. The first-order valence-corrected chi connectivity index (χ1v) is 6.52. The highest BCUT2D eigenvalue weighted by atomic mass is 19.4. The van der Waals surface area contributed by atoms with Crippen LogP contribution in [0, 0.1) is 0 Å². The van der Waals surface area contributed by atoms with Crippen molar-refractivity contribution in [3.05, 3.63) is 17.7 Å². The van der Waals surface area contributed by atoms with Crippen molar-refractivity contribution in [2.24, 2.45) is 0 Å². The molecule has 134 valence electrons. The zero-order valence-electron chi connectivity index (χ0n) is 13.2. The maximum absolute atomic E-state index is 12.0. The molecule has 0 radical (unpaired) electrons. The molecule has 0 aliphatic carbocycles. The number of nitrogens with one attached hydrogen (secondary N) is 1. The number of rotatable bonds is 7. The highest BCUT2D eigenvalue weighted by Crippen LogP contribution is 2.38. The van der Waals surface area contributed by atoms with Crippen molar-refractivity contribution in [3.63, 3.8) is 0 Å². The molecule has 0 saturated carbocycles. The molecule has 1 N–H and O–H groups in total. The van der Waals surface area contributed by atoms with E-state index in [1.165, 1.54) is 33.5 Å². The highest BCUT2D eigenvalue weighted by molar-refractivity contribution is 5.92. The molecule has 0 aromatic heterocycles. The number of methoxy groups -OCH3 is 3. The van der Waals surface area contributed by atoms with Crippen LogP contribution >= 0.6 is 0 Å². The fraction of sp³-hybridized carbons (Fsp3) is 0.429. The van der Waals surface area contributed by atoms with Gasteiger partial charge in [0.25, 0.3) is 5.91 Å². The van der Waals surface area contributed by atoms with Crippen molar-refractivity contribution in [1.82, 2.24) is 5.32 Å². The van der Waals surface area contributed by atoms with Gasteiger partial charge in [-0.1, -0.05) is 0 Å². The van der Waals surface area contributed by atoms with Gasteiger partial charge in [0, 0.05) is 0 Å². The Hall–Kier alpha value is -2.65. The molecule has 0 saturated heterocycles. The number of carbonyl (C=O) groups excluding carboxylic acids is 2. The summed E-state index contributed by atoms with van der Waals surface area (Å²) in [6.07, 6.45) is -4.55. The summed E-state index contributed by atoms with van der Waals surface area (Å²) in [4.78, 5) is 23.1. The second-order valence-electron chi connectivity index (χ2n) is 4.38. The third-order valence-electron chi connectivity index (χ3n) is 2.72. The van der Waals surface area contributed by atoms with Crippen molar-refractivity contribution in [1.29, 1.82) is 0 Å². The molecule has 0 atom stereocenters. The maximum Gasteiger partial charge on any atom is 0.405 e. The predicted molar refractivity (Wildman–Crippen MR) is 75.4 cm³/mol. The monoisotopic (exact) mass is 351 g/mol. The number of esters is 1. The number of ether oxygens (including phenoxy) is 4. The second-order valence-corrected chi connectivity index (χ2v) is 4.38. The Morgan fingerprint density at radius 3 is 2.00 bits per heavy atom. The number of carbonyl (C=O) groups is 2. The van der Waals surface area contributed by atoms with Crippen LogP contribution in [-0.4, -0.2) is 52.5 Å². The van der Waals surface area contributed by atoms with Crippen molar-refractivity contribution in [3.8, 4) is 17.2 Å². The standard InChI is InChI=1S/C14H16F3NO6/c1-21-9-4-8(5-10(22-2)12(9)23-3)13(20)24-6-11(19)18-7-14(15,16)17/h4-5H,6-7H2,1-3H3,(H,18,19). The van der Waals surface area contributed by atoms with Crippen molar-refractivity contribution in [2.45, 2.75) is 6.18 Å². The third kappa shape index (κ3) is 5.52. The summed E-state index contributed by atoms with van der Waals surface area (Å²) in [5.41, 5.74) is -0.0203. The molecule has 7 nitrogen and oxygen atoms in total. The number of hydrogen-bond acceptors (Lipinski definition) is 6. The van der Waals surface area contributed by atoms with Gasteiger partial charge < -0.3 is 24.3 Å². The molecule has 24 heavy (non-hydrogen) atoms. The summed E-state index contributed by atoms with van der Waals surface area (Å²) in [7, 11) is 4.07. The molecule has 0 heterocycles. The predicted octanol–water partition coefficient (Wildman–Crippen LogP) is 1.55. The van der Waals surface area contributed by atoms with Crippen molar-refractivity contribution < 1.29 is 41.7 Å². The van der Waals surface area contributed by atoms with Crippen molar-refractivity contribution >= 4 is 11.9 Å². The summed E-state index contributed by atoms with van der Waals surface area (Å²) in [6, 6.07) is 2.58. The van der Waals surface area contributed by atoms with E-state index in [1.54, 1.807) is 5.32 Å². The number of halogens is 3. The Morgan fingerprint density at radius 2 is 1.58 bits per heavy atom. The Kier molecular flexibility index (Phi) is 6.69. The molecular formula is C14H16F3NO6. The van der Waals surface area contributed by atoms with Gasteiger partial charge in [0.15, 0.2) is 18.1 Å². The van der Waals surface area contributed by atoms with Crippen LogP contribution in [0.4, 0.5) is 13.2 Å². The van der Waals surface area contributed by atoms with E-state index in [2.05, 4.69) is 4.74 Å². The Bertz CT molecular complexity index is 578. The van der Waals surface area contributed by atoms with Crippen LogP contribution in [0.5, 0.6) is 17.2 Å². The fourth-order valence-corrected chi connectivity index (χ4v) is 1.66. The quantitative estimate of drug-likeness (QED) is 0.751. The van der Waals surface area contributed by atoms with Gasteiger partial charge >= 0.3 is 12.1 Å². The molecule has 0 aliphatic rings. The van der Waals surface area contributed by atoms with Gasteiger partial charge in [0.05, 0.1) is 26.9 Å². The molecule has 0 unspecified atom stereocenters. The second kappa shape index (κ2) is 8.27. The van der Waals surface area contributed by atoms with Crippen LogP contribution in [0.1, 0.15) is 10.4 Å². The van der Waals surface area contributed by atoms with Crippen LogP contribution in [0.2, 0.25) is 0 Å². The van der Waals surface area contributed by atoms with Crippen LogP contribution < -0.4 is 19.5 Å². The molecule has 10 heteroatoms. The lowest BCUT2D eigenvalue weighted by Gasteiger charge is -2.14. The molecule has 1 aromatic carbocycles. The highest BCUT2D eigenvalue weighted by Gasteiger charge is 2.28. The van der Waals surface area contributed by atoms with Gasteiger partial charge in [-0.25, -0.2) is 4.79 Å². The molecule has 0 bridgehead atoms. The van der Waals surface area contributed by atoms with Crippen LogP contribution in [0.25, 0.3) is 0 Å². The van der Waals surface area contributed by atoms with E-state index in [1.807, 2.05) is 0 Å². The lowest BCUT2D eigenvalue weighted by molar-refractivity contribution is -0.140. The summed E-state index contributed by atoms with van der Waals surface area (Å²) in [5, 5.41) is 1.58. The van der Waals surface area contributed by atoms with Gasteiger partial charge in [-0.15, -0.1) is 0 Å². The molecule has 1 aromatic rings. The average molecular weight is 351 g/mol. The lowest BCUT2D eigenvalue weighted by atomic mass is 10.2. The lowest BCUT2D eigenvalue weighted by Crippen LogP contribution is -2.36. The molecule has 1 amide bonds. The summed E-state index contributed by atoms with van der Waals surface area (Å²) in [5.74, 6) is -1.39. The number of benzene rings is 1. The van der Waals surface area contributed by atoms with Gasteiger partial charge in [-0.05, 0) is 12.1 Å². The first-order chi connectivity index (χ1) is 11.2. The zero-order valence-corrected chi connectivity index (χ0v) is 13.2. The van der Waals surface area contributed by atoms with E-state index in [0.29, 0.717) is 0 Å². The van der Waals surface area contributed by atoms with E-state index < -0.39 is 31.2 Å². The topological polar surface area (TPSA) is 83.1 Å². The smallest absolute Gasteiger partial charge is 0.405 e. The van der Waals surface area contributed by atoms with E-state index in [0.717, 1.165) is 0 Å². The number of amides is 1. The minimum Gasteiger partial charge on any atom is -0.493 e. The largest absolute Gasteiger partial charge is 0.493 e. The molecule has 1 rings (SSSR count). The minimum absolute atomic E-state index is 0.0203. The first-order valence-electron chi connectivity index (χ1n) is 6.52. The molecular weight excluding hydrogens is 335 g/mol. The zero-order chi connectivity index (χ0) is 18.3. The third-order valence-corrected chi connectivity index (χ3v) is 2.72. The van der Waals surface area contributed by atoms with E-state index in [9.17, 15) is 22.8 Å². The molecule has 0 fully saturated rings. The van der Waals surface area contributed by atoms with Gasteiger partial charge in [-0.3, -0.25) is 4.79 Å². The summed E-state index contributed by atoms with van der Waals surface area (Å²) in [6.45, 7) is -2.36. The fourth-order valence-electron chi connectivity index (χ4n) is 1.66. The van der Waals surface area contributed by atoms with Crippen LogP contribution in [0.15, 0.2) is 12.1 Å². The molecule has 0 aliphatic heterocycles. The summed E-state index contributed by atoms with van der Waals surface area (Å²) < 4.78 is 55.7. The average Bonchev–Trinajstić information content (AvgIpc) is 2.55. The van der Waals surface area contributed by atoms with Crippen molar-refractivity contribution in [2.75, 3.05) is 34.5 Å². The summed E-state index contributed by atoms with van der Waals surface area (Å²) >= 11 is 0. The Morgan fingerprint density at radius 1 is 1.04 bits per heavy atom.